The fourth-order valence-electron chi connectivity index (χ4n) is 2.72. The Hall–Kier alpha value is -2.92. The highest BCUT2D eigenvalue weighted by Gasteiger charge is 2.42. The van der Waals surface area contributed by atoms with E-state index in [1.165, 1.54) is 47.7 Å². The summed E-state index contributed by atoms with van der Waals surface area (Å²) in [5.74, 6) is -0.443. The maximum Gasteiger partial charge on any atom is 0.416 e. The van der Waals surface area contributed by atoms with Gasteiger partial charge in [0.25, 0.3) is 0 Å². The molecule has 1 aromatic heterocycles. The first kappa shape index (κ1) is 21.8. The van der Waals surface area contributed by atoms with Crippen molar-refractivity contribution in [2.45, 2.75) is 18.3 Å². The van der Waals surface area contributed by atoms with Gasteiger partial charge in [0.15, 0.2) is 0 Å². The van der Waals surface area contributed by atoms with Gasteiger partial charge in [0.05, 0.1) is 19.2 Å². The molecule has 0 aliphatic heterocycles. The zero-order valence-corrected chi connectivity index (χ0v) is 17.0. The number of alkyl halides is 3. The number of methoxy groups -OCH3 is 1. The number of nitrogens with zero attached hydrogens (tertiary/aromatic N) is 3. The van der Waals surface area contributed by atoms with E-state index in [2.05, 4.69) is 26.0 Å². The molecule has 7 nitrogen and oxygen atoms in total. The first-order valence-electron chi connectivity index (χ1n) is 8.42. The first-order valence-corrected chi connectivity index (χ1v) is 9.21. The van der Waals surface area contributed by atoms with Gasteiger partial charge in [-0.1, -0.05) is 22.0 Å². The van der Waals surface area contributed by atoms with E-state index >= 15 is 0 Å². The average molecular weight is 486 g/mol. The van der Waals surface area contributed by atoms with Gasteiger partial charge in [-0.15, -0.1) is 0 Å². The maximum absolute atomic E-state index is 12.7. The molecule has 30 heavy (non-hydrogen) atoms. The van der Waals surface area contributed by atoms with Crippen LogP contribution in [0.5, 0.6) is 11.5 Å². The van der Waals surface area contributed by atoms with Crippen molar-refractivity contribution in [3.63, 3.8) is 0 Å². The van der Waals surface area contributed by atoms with E-state index < -0.39 is 23.3 Å². The van der Waals surface area contributed by atoms with Crippen LogP contribution in [0.2, 0.25) is 0 Å². The van der Waals surface area contributed by atoms with Crippen LogP contribution in [-0.2, 0) is 27.9 Å². The summed E-state index contributed by atoms with van der Waals surface area (Å²) in [6.45, 7) is -0.253. The lowest BCUT2D eigenvalue weighted by atomic mass is 9.93. The molecule has 11 heteroatoms. The third-order valence-electron chi connectivity index (χ3n) is 4.18. The molecular formula is C19H15BrF3N3O4. The van der Waals surface area contributed by atoms with Crippen LogP contribution in [0.1, 0.15) is 11.1 Å². The highest BCUT2D eigenvalue weighted by atomic mass is 79.9. The summed E-state index contributed by atoms with van der Waals surface area (Å²) in [7, 11) is 1.14. The number of rotatable bonds is 6. The van der Waals surface area contributed by atoms with Crippen LogP contribution >= 0.6 is 15.9 Å². The Morgan fingerprint density at radius 3 is 2.37 bits per heavy atom. The van der Waals surface area contributed by atoms with Gasteiger partial charge in [0, 0.05) is 10.0 Å². The number of hydrogen-bond donors (Lipinski definition) is 1. The molecule has 2 aromatic carbocycles. The Morgan fingerprint density at radius 1 is 1.17 bits per heavy atom. The lowest BCUT2D eigenvalue weighted by Crippen LogP contribution is -2.41. The molecule has 0 aliphatic carbocycles. The second-order valence-corrected chi connectivity index (χ2v) is 7.07. The molecular weight excluding hydrogens is 471 g/mol. The Morgan fingerprint density at radius 2 is 1.83 bits per heavy atom. The van der Waals surface area contributed by atoms with Crippen molar-refractivity contribution in [1.82, 2.24) is 14.8 Å². The molecule has 0 bridgehead atoms. The van der Waals surface area contributed by atoms with Crippen molar-refractivity contribution in [1.29, 1.82) is 0 Å². The summed E-state index contributed by atoms with van der Waals surface area (Å²) in [6.07, 6.45) is -1.84. The lowest BCUT2D eigenvalue weighted by Gasteiger charge is -2.26. The zero-order chi connectivity index (χ0) is 21.9. The monoisotopic (exact) mass is 485 g/mol. The van der Waals surface area contributed by atoms with Crippen molar-refractivity contribution in [2.24, 2.45) is 0 Å². The van der Waals surface area contributed by atoms with E-state index in [1.807, 2.05) is 0 Å². The highest BCUT2D eigenvalue weighted by Crippen LogP contribution is 2.36. The van der Waals surface area contributed by atoms with Crippen molar-refractivity contribution in [3.8, 4) is 11.5 Å². The largest absolute Gasteiger partial charge is 0.467 e. The number of halogens is 4. The highest BCUT2D eigenvalue weighted by molar-refractivity contribution is 9.10. The molecule has 1 atom stereocenters. The molecule has 3 rings (SSSR count). The van der Waals surface area contributed by atoms with Crippen LogP contribution in [0.25, 0.3) is 0 Å². The van der Waals surface area contributed by atoms with E-state index in [-0.39, 0.29) is 23.6 Å². The third-order valence-corrected chi connectivity index (χ3v) is 4.84. The second-order valence-electron chi connectivity index (χ2n) is 6.21. The number of ether oxygens (including phenoxy) is 2. The van der Waals surface area contributed by atoms with Crippen molar-refractivity contribution >= 4 is 21.9 Å². The minimum Gasteiger partial charge on any atom is -0.467 e. The van der Waals surface area contributed by atoms with Crippen LogP contribution in [0.15, 0.2) is 59.6 Å². The predicted octanol–water partition coefficient (Wildman–Crippen LogP) is 3.91. The maximum atomic E-state index is 12.7. The van der Waals surface area contributed by atoms with Crippen LogP contribution in [0.4, 0.5) is 13.2 Å². The minimum atomic E-state index is -4.44. The summed E-state index contributed by atoms with van der Waals surface area (Å²) in [5, 5.41) is 14.9. The number of carbonyl (C=O) groups is 1. The van der Waals surface area contributed by atoms with E-state index in [0.717, 1.165) is 19.2 Å². The number of benzene rings is 2. The van der Waals surface area contributed by atoms with Crippen LogP contribution < -0.4 is 4.74 Å². The van der Waals surface area contributed by atoms with Gasteiger partial charge in [0.2, 0.25) is 5.60 Å². The number of hydrogen-bond acceptors (Lipinski definition) is 6. The normalized spacial score (nSPS) is 13.5. The zero-order valence-electron chi connectivity index (χ0n) is 15.4. The van der Waals surface area contributed by atoms with Crippen LogP contribution in [-0.4, -0.2) is 33.0 Å². The van der Waals surface area contributed by atoms with Gasteiger partial charge in [-0.3, -0.25) is 0 Å². The first-order chi connectivity index (χ1) is 14.1. The number of esters is 1. The lowest BCUT2D eigenvalue weighted by molar-refractivity contribution is -0.165. The summed E-state index contributed by atoms with van der Waals surface area (Å²) in [6, 6.07) is 8.59. The van der Waals surface area contributed by atoms with Crippen LogP contribution in [0.3, 0.4) is 0 Å². The Bertz CT molecular complexity index is 1030. The van der Waals surface area contributed by atoms with E-state index in [9.17, 15) is 23.1 Å². The molecule has 0 aliphatic rings. The summed E-state index contributed by atoms with van der Waals surface area (Å²) in [5.41, 5.74) is -2.68. The Kier molecular flexibility index (Phi) is 6.13. The Labute approximate surface area is 177 Å². The van der Waals surface area contributed by atoms with Crippen LogP contribution in [0, 0.1) is 0 Å². The fourth-order valence-corrected chi connectivity index (χ4v) is 3.41. The molecule has 0 fully saturated rings. The molecule has 158 valence electrons. The average Bonchev–Trinajstić information content (AvgIpc) is 3.19. The predicted molar refractivity (Wildman–Crippen MR) is 102 cm³/mol. The molecule has 0 amide bonds. The second kappa shape index (κ2) is 8.44. The van der Waals surface area contributed by atoms with Gasteiger partial charge >= 0.3 is 12.1 Å². The number of aromatic nitrogens is 3. The smallest absolute Gasteiger partial charge is 0.416 e. The van der Waals surface area contributed by atoms with Crippen molar-refractivity contribution < 1.29 is 32.5 Å². The molecule has 0 radical (unpaired) electrons. The minimum absolute atomic E-state index is 0.185. The Balaban J connectivity index is 1.86. The van der Waals surface area contributed by atoms with Crippen molar-refractivity contribution in [3.05, 3.63) is 70.7 Å². The van der Waals surface area contributed by atoms with Gasteiger partial charge in [0.1, 0.15) is 24.2 Å². The molecule has 3 aromatic rings. The van der Waals surface area contributed by atoms with Gasteiger partial charge < -0.3 is 14.6 Å². The summed E-state index contributed by atoms with van der Waals surface area (Å²) < 4.78 is 49.9. The standard InChI is InChI=1S/C19H15BrF3N3O4/c1-29-17(27)18(28,9-26-11-24-10-25-26)15-7-6-14(8-16(15)20)30-13-4-2-12(3-5-13)19(21,22)23/h2-8,10-11,28H,9H2,1H3. The summed E-state index contributed by atoms with van der Waals surface area (Å²) in [4.78, 5) is 16.1. The molecule has 1 heterocycles. The number of aliphatic hydroxyl groups is 1. The topological polar surface area (TPSA) is 86.5 Å². The van der Waals surface area contributed by atoms with Gasteiger partial charge in [-0.05, 0) is 36.4 Å². The van der Waals surface area contributed by atoms with E-state index in [1.54, 1.807) is 0 Å². The van der Waals surface area contributed by atoms with Gasteiger partial charge in [-0.2, -0.15) is 18.3 Å². The molecule has 0 saturated heterocycles. The van der Waals surface area contributed by atoms with Gasteiger partial charge in [-0.25, -0.2) is 14.5 Å². The summed E-state index contributed by atoms with van der Waals surface area (Å²) >= 11 is 3.29. The van der Waals surface area contributed by atoms with E-state index in [4.69, 9.17) is 9.47 Å². The molecule has 1 unspecified atom stereocenters. The quantitative estimate of drug-likeness (QED) is 0.532. The third kappa shape index (κ3) is 4.62. The SMILES string of the molecule is COC(=O)C(O)(Cn1cncn1)c1ccc(Oc2ccc(C(F)(F)F)cc2)cc1Br. The molecule has 1 N–H and O–H groups in total. The molecule has 0 saturated carbocycles. The fraction of sp³-hybridized carbons (Fsp3) is 0.211. The van der Waals surface area contributed by atoms with Crippen molar-refractivity contribution in [2.75, 3.05) is 7.11 Å². The number of carbonyl (C=O) groups excluding carboxylic acids is 1. The van der Waals surface area contributed by atoms with E-state index in [0.29, 0.717) is 4.47 Å². The molecule has 0 spiro atoms.